The van der Waals surface area contributed by atoms with Crippen LogP contribution in [0.3, 0.4) is 0 Å². The first-order valence-electron chi connectivity index (χ1n) is 8.82. The minimum absolute atomic E-state index is 0.119. The fraction of sp³-hybridized carbons (Fsp3) is 0.474. The molecule has 1 aliphatic rings. The lowest BCUT2D eigenvalue weighted by atomic mass is 9.98. The number of alkyl halides is 3. The van der Waals surface area contributed by atoms with Crippen molar-refractivity contribution < 1.29 is 17.9 Å². The number of fused-ring (bicyclic) bond motifs is 1. The highest BCUT2D eigenvalue weighted by atomic mass is 19.4. The molecule has 2 aromatic rings. The molecule has 0 fully saturated rings. The molecule has 2 heterocycles. The summed E-state index contributed by atoms with van der Waals surface area (Å²) in [6.45, 7) is 4.73. The van der Waals surface area contributed by atoms with E-state index in [2.05, 4.69) is 23.9 Å². The minimum Gasteiger partial charge on any atom is -0.496 e. The predicted molar refractivity (Wildman–Crippen MR) is 99.2 cm³/mol. The molecule has 8 heteroatoms. The third-order valence-corrected chi connectivity index (χ3v) is 4.08. The number of benzene rings is 1. The standard InChI is InChI=1S/C16H17F3N4O.C3H8/c1-23-15-11(8-22-23)14(21-6-5-12(15)20)10-4-3-9(16(17,18)19)7-13(10)24-2;1-3-2/h3-4,7-8,12H,5-6,20H2,1-2H3;3H2,1-2H3. The largest absolute Gasteiger partial charge is 0.496 e. The molecule has 1 aromatic heterocycles. The average Bonchev–Trinajstić information content (AvgIpc) is 2.90. The van der Waals surface area contributed by atoms with Gasteiger partial charge in [0.05, 0.1) is 30.3 Å². The van der Waals surface area contributed by atoms with E-state index in [1.54, 1.807) is 17.9 Å². The number of aromatic nitrogens is 2. The number of nitrogens with zero attached hydrogens (tertiary/aromatic N) is 3. The van der Waals surface area contributed by atoms with Crippen molar-refractivity contribution in [2.45, 2.75) is 38.9 Å². The average molecular weight is 382 g/mol. The Bertz CT molecular complexity index is 812. The van der Waals surface area contributed by atoms with Crippen LogP contribution in [-0.2, 0) is 13.2 Å². The van der Waals surface area contributed by atoms with E-state index in [1.807, 2.05) is 0 Å². The van der Waals surface area contributed by atoms with E-state index in [0.29, 0.717) is 24.2 Å². The van der Waals surface area contributed by atoms with Crippen molar-refractivity contribution in [3.05, 3.63) is 46.8 Å². The number of nitrogens with two attached hydrogens (primary N) is 1. The fourth-order valence-corrected chi connectivity index (χ4v) is 2.90. The monoisotopic (exact) mass is 382 g/mol. The van der Waals surface area contributed by atoms with Crippen molar-refractivity contribution in [2.24, 2.45) is 17.8 Å². The molecule has 1 aliphatic heterocycles. The molecular formula is C19H25F3N4O. The maximum atomic E-state index is 12.9. The first kappa shape index (κ1) is 21.0. The second-order valence-electron chi connectivity index (χ2n) is 6.31. The Morgan fingerprint density at radius 3 is 2.52 bits per heavy atom. The molecule has 0 aliphatic carbocycles. The SMILES string of the molecule is CCC.COc1cc(C(F)(F)F)ccc1C1=NCCC(N)c2c1cnn2C. The summed E-state index contributed by atoms with van der Waals surface area (Å²) in [6, 6.07) is 3.17. The topological polar surface area (TPSA) is 65.4 Å². The maximum Gasteiger partial charge on any atom is 0.416 e. The molecule has 0 saturated carbocycles. The molecule has 0 radical (unpaired) electrons. The number of ether oxygens (including phenoxy) is 1. The molecule has 0 bridgehead atoms. The second kappa shape index (κ2) is 8.56. The molecule has 0 amide bonds. The Morgan fingerprint density at radius 1 is 1.26 bits per heavy atom. The first-order chi connectivity index (χ1) is 12.7. The van der Waals surface area contributed by atoms with Crippen LogP contribution in [0.15, 0.2) is 29.4 Å². The quantitative estimate of drug-likeness (QED) is 0.850. The van der Waals surface area contributed by atoms with E-state index in [4.69, 9.17) is 10.5 Å². The number of rotatable bonds is 2. The molecule has 1 aromatic carbocycles. The Balaban J connectivity index is 0.000000817. The van der Waals surface area contributed by atoms with Crippen LogP contribution in [0.1, 0.15) is 55.1 Å². The van der Waals surface area contributed by atoms with Gasteiger partial charge in [0, 0.05) is 30.8 Å². The highest BCUT2D eigenvalue weighted by molar-refractivity contribution is 6.15. The lowest BCUT2D eigenvalue weighted by Crippen LogP contribution is -2.17. The van der Waals surface area contributed by atoms with E-state index in [9.17, 15) is 13.2 Å². The predicted octanol–water partition coefficient (Wildman–Crippen LogP) is 4.10. The minimum atomic E-state index is -4.43. The van der Waals surface area contributed by atoms with Gasteiger partial charge in [-0.2, -0.15) is 18.3 Å². The molecular weight excluding hydrogens is 357 g/mol. The zero-order valence-electron chi connectivity index (χ0n) is 16.0. The van der Waals surface area contributed by atoms with Crippen molar-refractivity contribution in [1.82, 2.24) is 9.78 Å². The van der Waals surface area contributed by atoms with Gasteiger partial charge in [-0.05, 0) is 24.6 Å². The zero-order valence-corrected chi connectivity index (χ0v) is 16.0. The number of hydrogen-bond donors (Lipinski definition) is 1. The van der Waals surface area contributed by atoms with E-state index < -0.39 is 11.7 Å². The molecule has 148 valence electrons. The summed E-state index contributed by atoms with van der Waals surface area (Å²) in [6.07, 6.45) is -0.908. The fourth-order valence-electron chi connectivity index (χ4n) is 2.90. The summed E-state index contributed by atoms with van der Waals surface area (Å²) >= 11 is 0. The van der Waals surface area contributed by atoms with Gasteiger partial charge in [0.15, 0.2) is 0 Å². The molecule has 5 nitrogen and oxygen atoms in total. The highest BCUT2D eigenvalue weighted by Gasteiger charge is 2.32. The third kappa shape index (κ3) is 4.50. The van der Waals surface area contributed by atoms with Crippen LogP contribution in [0.25, 0.3) is 0 Å². The van der Waals surface area contributed by atoms with E-state index in [0.717, 1.165) is 23.4 Å². The van der Waals surface area contributed by atoms with Crippen LogP contribution in [0.5, 0.6) is 5.75 Å². The van der Waals surface area contributed by atoms with E-state index in [-0.39, 0.29) is 11.8 Å². The van der Waals surface area contributed by atoms with Crippen LogP contribution in [0.2, 0.25) is 0 Å². The lowest BCUT2D eigenvalue weighted by molar-refractivity contribution is -0.137. The number of halogens is 3. The van der Waals surface area contributed by atoms with Gasteiger partial charge in [-0.25, -0.2) is 0 Å². The smallest absolute Gasteiger partial charge is 0.416 e. The van der Waals surface area contributed by atoms with Crippen molar-refractivity contribution in [1.29, 1.82) is 0 Å². The van der Waals surface area contributed by atoms with Gasteiger partial charge < -0.3 is 10.5 Å². The summed E-state index contributed by atoms with van der Waals surface area (Å²) in [5.41, 5.74) is 7.99. The molecule has 3 rings (SSSR count). The first-order valence-corrected chi connectivity index (χ1v) is 8.82. The Labute approximate surface area is 157 Å². The van der Waals surface area contributed by atoms with E-state index >= 15 is 0 Å². The zero-order chi connectivity index (χ0) is 20.2. The van der Waals surface area contributed by atoms with Crippen molar-refractivity contribution in [3.8, 4) is 5.75 Å². The molecule has 0 saturated heterocycles. The highest BCUT2D eigenvalue weighted by Crippen LogP contribution is 2.35. The molecule has 27 heavy (non-hydrogen) atoms. The summed E-state index contributed by atoms with van der Waals surface area (Å²) < 4.78 is 45.6. The third-order valence-electron chi connectivity index (χ3n) is 4.08. The van der Waals surface area contributed by atoms with Gasteiger partial charge in [-0.1, -0.05) is 20.3 Å². The van der Waals surface area contributed by atoms with Crippen LogP contribution in [0.4, 0.5) is 13.2 Å². The number of methoxy groups -OCH3 is 1. The van der Waals surface area contributed by atoms with Gasteiger partial charge in [0.25, 0.3) is 0 Å². The van der Waals surface area contributed by atoms with Crippen molar-refractivity contribution in [3.63, 3.8) is 0 Å². The van der Waals surface area contributed by atoms with Gasteiger partial charge in [-0.15, -0.1) is 0 Å². The summed E-state index contributed by atoms with van der Waals surface area (Å²) in [7, 11) is 3.12. The number of aliphatic imine (C=N–C) groups is 1. The van der Waals surface area contributed by atoms with Gasteiger partial charge in [0.2, 0.25) is 0 Å². The van der Waals surface area contributed by atoms with Crippen molar-refractivity contribution in [2.75, 3.05) is 13.7 Å². The van der Waals surface area contributed by atoms with E-state index in [1.165, 1.54) is 19.6 Å². The second-order valence-corrected chi connectivity index (χ2v) is 6.31. The molecule has 1 atom stereocenters. The molecule has 2 N–H and O–H groups in total. The Kier molecular flexibility index (Phi) is 6.64. The van der Waals surface area contributed by atoms with Gasteiger partial charge in [0.1, 0.15) is 5.75 Å². The summed E-state index contributed by atoms with van der Waals surface area (Å²) in [5, 5.41) is 4.21. The molecule has 1 unspecified atom stereocenters. The maximum absolute atomic E-state index is 12.9. The van der Waals surface area contributed by atoms with Crippen LogP contribution >= 0.6 is 0 Å². The molecule has 0 spiro atoms. The van der Waals surface area contributed by atoms with Crippen molar-refractivity contribution >= 4 is 5.71 Å². The summed E-state index contributed by atoms with van der Waals surface area (Å²) in [4.78, 5) is 4.52. The lowest BCUT2D eigenvalue weighted by Gasteiger charge is -2.15. The normalized spacial score (nSPS) is 16.6. The van der Waals surface area contributed by atoms with Crippen LogP contribution in [0, 0.1) is 0 Å². The van der Waals surface area contributed by atoms with Crippen LogP contribution < -0.4 is 10.5 Å². The Hall–Kier alpha value is -2.35. The summed E-state index contributed by atoms with van der Waals surface area (Å²) in [5.74, 6) is 0.119. The number of hydrogen-bond acceptors (Lipinski definition) is 4. The number of aryl methyl sites for hydroxylation is 1. The van der Waals surface area contributed by atoms with Crippen LogP contribution in [-0.4, -0.2) is 29.1 Å². The van der Waals surface area contributed by atoms with Gasteiger partial charge in [-0.3, -0.25) is 9.67 Å². The van der Waals surface area contributed by atoms with Gasteiger partial charge >= 0.3 is 6.18 Å². The Morgan fingerprint density at radius 2 is 1.93 bits per heavy atom.